The van der Waals surface area contributed by atoms with E-state index in [-0.39, 0.29) is 12.3 Å². The molecule has 0 spiro atoms. The lowest BCUT2D eigenvalue weighted by molar-refractivity contribution is -0.115. The van der Waals surface area contributed by atoms with Crippen molar-refractivity contribution in [2.45, 2.75) is 6.42 Å². The lowest BCUT2D eigenvalue weighted by atomic mass is 10.1. The molecule has 3 aromatic rings. The van der Waals surface area contributed by atoms with Crippen LogP contribution in [0.5, 0.6) is 0 Å². The summed E-state index contributed by atoms with van der Waals surface area (Å²) in [7, 11) is 0. The molecule has 0 fully saturated rings. The topological polar surface area (TPSA) is 83.6 Å². The van der Waals surface area contributed by atoms with Gasteiger partial charge in [-0.25, -0.2) is 0 Å². The second kappa shape index (κ2) is 6.36. The standard InChI is InChI=1S/C15H12ClN5O/c16-11-6-4-10(5-7-11)9-13(22)18-15-19-14(20-21-15)12-3-1-2-8-17-12/h1-8H,9H2,(H2,18,19,20,21,22). The zero-order chi connectivity index (χ0) is 15.4. The number of hydrogen-bond donors (Lipinski definition) is 2. The molecule has 1 amide bonds. The first-order valence-corrected chi connectivity index (χ1v) is 6.97. The SMILES string of the molecule is O=C(Cc1ccc(Cl)cc1)Nc1nnc(-c2ccccn2)[nH]1. The lowest BCUT2D eigenvalue weighted by Crippen LogP contribution is -2.15. The molecule has 22 heavy (non-hydrogen) atoms. The molecule has 0 bridgehead atoms. The van der Waals surface area contributed by atoms with Gasteiger partial charge in [-0.3, -0.25) is 15.1 Å². The molecule has 2 N–H and O–H groups in total. The predicted molar refractivity (Wildman–Crippen MR) is 83.4 cm³/mol. The molecular formula is C15H12ClN5O. The number of pyridine rings is 1. The molecule has 0 aliphatic carbocycles. The van der Waals surface area contributed by atoms with Gasteiger partial charge in [0.1, 0.15) is 5.69 Å². The van der Waals surface area contributed by atoms with E-state index < -0.39 is 0 Å². The number of benzene rings is 1. The zero-order valence-corrected chi connectivity index (χ0v) is 12.2. The van der Waals surface area contributed by atoms with Gasteiger partial charge in [-0.1, -0.05) is 29.8 Å². The van der Waals surface area contributed by atoms with E-state index >= 15 is 0 Å². The Morgan fingerprint density at radius 2 is 1.95 bits per heavy atom. The van der Waals surface area contributed by atoms with Crippen molar-refractivity contribution in [1.29, 1.82) is 0 Å². The van der Waals surface area contributed by atoms with Gasteiger partial charge in [0.05, 0.1) is 6.42 Å². The highest BCUT2D eigenvalue weighted by Crippen LogP contribution is 2.13. The van der Waals surface area contributed by atoms with Crippen molar-refractivity contribution in [3.8, 4) is 11.5 Å². The van der Waals surface area contributed by atoms with E-state index in [9.17, 15) is 4.79 Å². The Morgan fingerprint density at radius 1 is 1.14 bits per heavy atom. The second-order valence-electron chi connectivity index (χ2n) is 4.59. The molecule has 0 radical (unpaired) electrons. The van der Waals surface area contributed by atoms with E-state index in [0.717, 1.165) is 5.56 Å². The molecule has 110 valence electrons. The van der Waals surface area contributed by atoms with E-state index in [1.54, 1.807) is 24.4 Å². The van der Waals surface area contributed by atoms with Crippen LogP contribution in [0.25, 0.3) is 11.5 Å². The summed E-state index contributed by atoms with van der Waals surface area (Å²) in [5.41, 5.74) is 1.53. The molecular weight excluding hydrogens is 302 g/mol. The minimum Gasteiger partial charge on any atom is -0.306 e. The van der Waals surface area contributed by atoms with Crippen molar-refractivity contribution >= 4 is 23.5 Å². The first kappa shape index (κ1) is 14.2. The number of halogens is 1. The van der Waals surface area contributed by atoms with Gasteiger partial charge in [-0.2, -0.15) is 0 Å². The number of nitrogens with zero attached hydrogens (tertiary/aromatic N) is 3. The maximum atomic E-state index is 12.0. The molecule has 0 aliphatic heterocycles. The van der Waals surface area contributed by atoms with Crippen LogP contribution in [0.3, 0.4) is 0 Å². The largest absolute Gasteiger partial charge is 0.306 e. The Hall–Kier alpha value is -2.73. The Kier molecular flexibility index (Phi) is 4.11. The van der Waals surface area contributed by atoms with Gasteiger partial charge in [-0.15, -0.1) is 10.2 Å². The van der Waals surface area contributed by atoms with E-state index in [2.05, 4.69) is 25.5 Å². The Morgan fingerprint density at radius 3 is 2.68 bits per heavy atom. The number of H-pyrrole nitrogens is 1. The molecule has 6 nitrogen and oxygen atoms in total. The summed E-state index contributed by atoms with van der Waals surface area (Å²) in [4.78, 5) is 19.0. The molecule has 2 heterocycles. The van der Waals surface area contributed by atoms with Crippen molar-refractivity contribution in [1.82, 2.24) is 20.2 Å². The van der Waals surface area contributed by atoms with Gasteiger partial charge in [0.2, 0.25) is 11.9 Å². The van der Waals surface area contributed by atoms with Gasteiger partial charge < -0.3 is 4.98 Å². The molecule has 0 unspecified atom stereocenters. The van der Waals surface area contributed by atoms with Gasteiger partial charge in [0.25, 0.3) is 0 Å². The number of aromatic amines is 1. The molecule has 0 saturated heterocycles. The van der Waals surface area contributed by atoms with Crippen molar-refractivity contribution in [3.05, 3.63) is 59.2 Å². The fourth-order valence-corrected chi connectivity index (χ4v) is 2.03. The predicted octanol–water partition coefficient (Wildman–Crippen LogP) is 2.70. The zero-order valence-electron chi connectivity index (χ0n) is 11.5. The number of anilines is 1. The second-order valence-corrected chi connectivity index (χ2v) is 5.03. The van der Waals surface area contributed by atoms with Crippen molar-refractivity contribution < 1.29 is 4.79 Å². The average molecular weight is 314 g/mol. The van der Waals surface area contributed by atoms with Crippen LogP contribution in [0.4, 0.5) is 5.95 Å². The van der Waals surface area contributed by atoms with Crippen molar-refractivity contribution in [2.75, 3.05) is 5.32 Å². The van der Waals surface area contributed by atoms with E-state index in [4.69, 9.17) is 11.6 Å². The third kappa shape index (κ3) is 3.48. The molecule has 0 aliphatic rings. The van der Waals surface area contributed by atoms with Crippen molar-refractivity contribution in [3.63, 3.8) is 0 Å². The number of carbonyl (C=O) groups is 1. The quantitative estimate of drug-likeness (QED) is 0.775. The Balaban J connectivity index is 1.65. The van der Waals surface area contributed by atoms with Crippen LogP contribution in [0.1, 0.15) is 5.56 Å². The van der Waals surface area contributed by atoms with E-state index in [0.29, 0.717) is 22.5 Å². The fraction of sp³-hybridized carbons (Fsp3) is 0.0667. The summed E-state index contributed by atoms with van der Waals surface area (Å²) >= 11 is 5.81. The van der Waals surface area contributed by atoms with Gasteiger partial charge in [0, 0.05) is 11.2 Å². The summed E-state index contributed by atoms with van der Waals surface area (Å²) in [5.74, 6) is 0.605. The number of carbonyl (C=O) groups excluding carboxylic acids is 1. The van der Waals surface area contributed by atoms with E-state index in [1.807, 2.05) is 24.3 Å². The third-order valence-electron chi connectivity index (χ3n) is 2.93. The number of aromatic nitrogens is 4. The van der Waals surface area contributed by atoms with Crippen LogP contribution < -0.4 is 5.32 Å². The van der Waals surface area contributed by atoms with Crippen LogP contribution in [0.15, 0.2) is 48.7 Å². The summed E-state index contributed by atoms with van der Waals surface area (Å²) in [6.07, 6.45) is 1.90. The molecule has 2 aromatic heterocycles. The minimum atomic E-state index is -0.189. The van der Waals surface area contributed by atoms with Crippen LogP contribution in [0.2, 0.25) is 5.02 Å². The summed E-state index contributed by atoms with van der Waals surface area (Å²) in [6, 6.07) is 12.6. The molecule has 1 aromatic carbocycles. The highest BCUT2D eigenvalue weighted by atomic mass is 35.5. The van der Waals surface area contributed by atoms with Gasteiger partial charge >= 0.3 is 0 Å². The maximum absolute atomic E-state index is 12.0. The molecule has 0 saturated carbocycles. The number of hydrogen-bond acceptors (Lipinski definition) is 4. The fourth-order valence-electron chi connectivity index (χ4n) is 1.90. The third-order valence-corrected chi connectivity index (χ3v) is 3.18. The summed E-state index contributed by atoms with van der Waals surface area (Å²) in [5, 5.41) is 11.2. The number of rotatable bonds is 4. The smallest absolute Gasteiger partial charge is 0.231 e. The molecule has 7 heteroatoms. The van der Waals surface area contributed by atoms with Gasteiger partial charge in [0.15, 0.2) is 5.82 Å². The minimum absolute atomic E-state index is 0.189. The monoisotopic (exact) mass is 313 g/mol. The first-order valence-electron chi connectivity index (χ1n) is 6.59. The van der Waals surface area contributed by atoms with Crippen LogP contribution in [0, 0.1) is 0 Å². The maximum Gasteiger partial charge on any atom is 0.231 e. The molecule has 3 rings (SSSR count). The summed E-state index contributed by atoms with van der Waals surface area (Å²) in [6.45, 7) is 0. The highest BCUT2D eigenvalue weighted by Gasteiger charge is 2.09. The average Bonchev–Trinajstić information content (AvgIpc) is 2.99. The van der Waals surface area contributed by atoms with Crippen LogP contribution >= 0.6 is 11.6 Å². The van der Waals surface area contributed by atoms with Crippen LogP contribution in [-0.2, 0) is 11.2 Å². The van der Waals surface area contributed by atoms with Crippen LogP contribution in [-0.4, -0.2) is 26.1 Å². The Bertz CT molecular complexity index is 770. The number of nitrogens with one attached hydrogen (secondary N) is 2. The van der Waals surface area contributed by atoms with Crippen molar-refractivity contribution in [2.24, 2.45) is 0 Å². The number of amides is 1. The summed E-state index contributed by atoms with van der Waals surface area (Å²) < 4.78 is 0. The van der Waals surface area contributed by atoms with Gasteiger partial charge in [-0.05, 0) is 29.8 Å². The first-order chi connectivity index (χ1) is 10.7. The Labute approximate surface area is 131 Å². The highest BCUT2D eigenvalue weighted by molar-refractivity contribution is 6.30. The normalized spacial score (nSPS) is 10.4. The van der Waals surface area contributed by atoms with E-state index in [1.165, 1.54) is 0 Å². The molecule has 0 atom stereocenters. The lowest BCUT2D eigenvalue weighted by Gasteiger charge is -2.02.